The molecule has 17 heavy (non-hydrogen) atoms. The number of amides is 1. The zero-order valence-corrected chi connectivity index (χ0v) is 9.60. The normalized spacial score (nSPS) is 28.9. The summed E-state index contributed by atoms with van der Waals surface area (Å²) in [5, 5.41) is 12.5. The average Bonchev–Trinajstić information content (AvgIpc) is 2.72. The molecule has 90 valence electrons. The van der Waals surface area contributed by atoms with E-state index in [1.807, 2.05) is 12.1 Å². The van der Waals surface area contributed by atoms with E-state index >= 15 is 0 Å². The molecule has 2 N–H and O–H groups in total. The molecule has 0 spiro atoms. The number of aliphatic hydroxyl groups excluding tert-OH is 1. The minimum atomic E-state index is -0.731. The number of hydrogen-bond acceptors (Lipinski definition) is 3. The summed E-state index contributed by atoms with van der Waals surface area (Å²) in [6.45, 7) is 1.74. The van der Waals surface area contributed by atoms with Crippen LogP contribution in [0.1, 0.15) is 24.0 Å². The van der Waals surface area contributed by atoms with Crippen LogP contribution in [0, 0.1) is 0 Å². The first kappa shape index (κ1) is 10.7. The first-order valence-electron chi connectivity index (χ1n) is 6.02. The predicted molar refractivity (Wildman–Crippen MR) is 62.9 cm³/mol. The molecule has 3 rings (SSSR count). The van der Waals surface area contributed by atoms with Crippen LogP contribution in [0.3, 0.4) is 0 Å². The van der Waals surface area contributed by atoms with Crippen molar-refractivity contribution in [3.05, 3.63) is 35.4 Å². The molecule has 1 aromatic rings. The highest BCUT2D eigenvalue weighted by molar-refractivity contribution is 5.77. The van der Waals surface area contributed by atoms with Crippen molar-refractivity contribution in [2.45, 2.75) is 38.2 Å². The number of aliphatic hydroxyl groups is 1. The van der Waals surface area contributed by atoms with Crippen LogP contribution in [0.15, 0.2) is 24.3 Å². The summed E-state index contributed by atoms with van der Waals surface area (Å²) < 4.78 is 0. The van der Waals surface area contributed by atoms with Crippen LogP contribution in [0.4, 0.5) is 0 Å². The molecule has 0 aromatic heterocycles. The molecule has 2 aliphatic rings. The molecule has 4 heteroatoms. The van der Waals surface area contributed by atoms with Gasteiger partial charge in [0.05, 0.1) is 6.04 Å². The minimum absolute atomic E-state index is 0.0418. The van der Waals surface area contributed by atoms with Gasteiger partial charge in [-0.3, -0.25) is 9.69 Å². The quantitative estimate of drug-likeness (QED) is 0.745. The number of carbonyl (C=O) groups is 1. The maximum absolute atomic E-state index is 11.2. The van der Waals surface area contributed by atoms with Gasteiger partial charge in [0.1, 0.15) is 6.23 Å². The second-order valence-electron chi connectivity index (χ2n) is 4.79. The number of carbonyl (C=O) groups excluding carboxylic acids is 1. The van der Waals surface area contributed by atoms with Crippen LogP contribution in [0.25, 0.3) is 0 Å². The van der Waals surface area contributed by atoms with E-state index in [2.05, 4.69) is 22.3 Å². The molecule has 4 nitrogen and oxygen atoms in total. The lowest BCUT2D eigenvalue weighted by molar-refractivity contribution is -0.130. The topological polar surface area (TPSA) is 52.6 Å². The third-order valence-corrected chi connectivity index (χ3v) is 3.67. The van der Waals surface area contributed by atoms with Crippen molar-refractivity contribution in [2.24, 2.45) is 0 Å². The summed E-state index contributed by atoms with van der Waals surface area (Å²) >= 11 is 0. The van der Waals surface area contributed by atoms with Crippen LogP contribution in [-0.4, -0.2) is 28.2 Å². The van der Waals surface area contributed by atoms with Crippen molar-refractivity contribution < 1.29 is 9.90 Å². The number of nitrogens with zero attached hydrogens (tertiary/aromatic N) is 1. The van der Waals surface area contributed by atoms with Crippen LogP contribution in [0.2, 0.25) is 0 Å². The largest absolute Gasteiger partial charge is 0.372 e. The van der Waals surface area contributed by atoms with Gasteiger partial charge in [0.25, 0.3) is 0 Å². The summed E-state index contributed by atoms with van der Waals surface area (Å²) in [6, 6.07) is 8.38. The van der Waals surface area contributed by atoms with Crippen LogP contribution in [-0.2, 0) is 17.9 Å². The molecule has 2 aliphatic heterocycles. The monoisotopic (exact) mass is 232 g/mol. The van der Waals surface area contributed by atoms with E-state index in [0.29, 0.717) is 6.42 Å². The molecule has 2 atom stereocenters. The van der Waals surface area contributed by atoms with Crippen molar-refractivity contribution in [1.82, 2.24) is 10.2 Å². The van der Waals surface area contributed by atoms with Gasteiger partial charge in [0.15, 0.2) is 0 Å². The Kier molecular flexibility index (Phi) is 2.61. The van der Waals surface area contributed by atoms with Crippen LogP contribution < -0.4 is 5.32 Å². The van der Waals surface area contributed by atoms with Gasteiger partial charge in [-0.05, 0) is 17.5 Å². The lowest BCUT2D eigenvalue weighted by Crippen LogP contribution is -2.54. The lowest BCUT2D eigenvalue weighted by Gasteiger charge is -2.35. The number of rotatable bonds is 1. The highest BCUT2D eigenvalue weighted by atomic mass is 16.3. The Labute approximate surface area is 100 Å². The second kappa shape index (κ2) is 4.13. The number of fused-ring (bicyclic) bond motifs is 1. The summed E-state index contributed by atoms with van der Waals surface area (Å²) in [4.78, 5) is 13.4. The number of hydrogen-bond donors (Lipinski definition) is 2. The summed E-state index contributed by atoms with van der Waals surface area (Å²) in [6.07, 6.45) is 0.515. The minimum Gasteiger partial charge on any atom is -0.372 e. The standard InChI is InChI=1S/C13H16N2O2/c16-12-6-5-11(13(17)14-12)15-7-9-3-1-2-4-10(9)8-15/h1-4,11,13,17H,5-8H2,(H,14,16). The zero-order chi connectivity index (χ0) is 11.8. The van der Waals surface area contributed by atoms with Gasteiger partial charge in [-0.2, -0.15) is 0 Å². The lowest BCUT2D eigenvalue weighted by atomic mass is 10.0. The fraction of sp³-hybridized carbons (Fsp3) is 0.462. The van der Waals surface area contributed by atoms with Gasteiger partial charge in [-0.1, -0.05) is 24.3 Å². The van der Waals surface area contributed by atoms with Gasteiger partial charge < -0.3 is 10.4 Å². The molecule has 0 radical (unpaired) electrons. The second-order valence-corrected chi connectivity index (χ2v) is 4.79. The smallest absolute Gasteiger partial charge is 0.222 e. The van der Waals surface area contributed by atoms with Crippen molar-refractivity contribution in [3.8, 4) is 0 Å². The predicted octanol–water partition coefficient (Wildman–Crippen LogP) is 0.599. The van der Waals surface area contributed by atoms with Gasteiger partial charge in [0, 0.05) is 19.5 Å². The van der Waals surface area contributed by atoms with Crippen LogP contribution in [0.5, 0.6) is 0 Å². The molecule has 1 saturated heterocycles. The molecule has 2 unspecified atom stereocenters. The molecular formula is C13H16N2O2. The third kappa shape index (κ3) is 1.94. The van der Waals surface area contributed by atoms with E-state index in [1.54, 1.807) is 0 Å². The summed E-state index contributed by atoms with van der Waals surface area (Å²) in [5.74, 6) is -0.0505. The Morgan fingerprint density at radius 3 is 2.47 bits per heavy atom. The average molecular weight is 232 g/mol. The van der Waals surface area contributed by atoms with Gasteiger partial charge >= 0.3 is 0 Å². The molecular weight excluding hydrogens is 216 g/mol. The number of benzene rings is 1. The summed E-state index contributed by atoms with van der Waals surface area (Å²) in [7, 11) is 0. The Balaban J connectivity index is 1.74. The van der Waals surface area contributed by atoms with Gasteiger partial charge in [-0.25, -0.2) is 0 Å². The van der Waals surface area contributed by atoms with Crippen molar-refractivity contribution >= 4 is 5.91 Å². The Morgan fingerprint density at radius 1 is 1.24 bits per heavy atom. The SMILES string of the molecule is O=C1CCC(N2Cc3ccccc3C2)C(O)N1. The van der Waals surface area contributed by atoms with E-state index in [-0.39, 0.29) is 11.9 Å². The molecule has 1 fully saturated rings. The summed E-state index contributed by atoms with van der Waals surface area (Å²) in [5.41, 5.74) is 2.66. The number of piperidine rings is 1. The van der Waals surface area contributed by atoms with E-state index in [9.17, 15) is 9.90 Å². The zero-order valence-electron chi connectivity index (χ0n) is 9.60. The van der Waals surface area contributed by atoms with Crippen molar-refractivity contribution in [3.63, 3.8) is 0 Å². The molecule has 1 amide bonds. The van der Waals surface area contributed by atoms with Gasteiger partial charge in [-0.15, -0.1) is 0 Å². The molecule has 2 heterocycles. The first-order chi connectivity index (χ1) is 8.24. The van der Waals surface area contributed by atoms with E-state index in [1.165, 1.54) is 11.1 Å². The number of nitrogens with one attached hydrogen (secondary N) is 1. The fourth-order valence-electron chi connectivity index (χ4n) is 2.75. The highest BCUT2D eigenvalue weighted by Crippen LogP contribution is 2.27. The van der Waals surface area contributed by atoms with E-state index in [0.717, 1.165) is 19.5 Å². The van der Waals surface area contributed by atoms with E-state index in [4.69, 9.17) is 0 Å². The molecule has 0 saturated carbocycles. The Bertz CT molecular complexity index is 422. The highest BCUT2D eigenvalue weighted by Gasteiger charge is 2.34. The van der Waals surface area contributed by atoms with Crippen LogP contribution >= 0.6 is 0 Å². The molecule has 1 aromatic carbocycles. The van der Waals surface area contributed by atoms with Crippen molar-refractivity contribution in [2.75, 3.05) is 0 Å². The van der Waals surface area contributed by atoms with E-state index < -0.39 is 6.23 Å². The Morgan fingerprint density at radius 2 is 1.88 bits per heavy atom. The third-order valence-electron chi connectivity index (χ3n) is 3.67. The molecule has 0 bridgehead atoms. The van der Waals surface area contributed by atoms with Crippen molar-refractivity contribution in [1.29, 1.82) is 0 Å². The fourth-order valence-corrected chi connectivity index (χ4v) is 2.75. The maximum atomic E-state index is 11.2. The Hall–Kier alpha value is -1.39. The van der Waals surface area contributed by atoms with Gasteiger partial charge in [0.2, 0.25) is 5.91 Å². The first-order valence-corrected chi connectivity index (χ1v) is 6.02. The maximum Gasteiger partial charge on any atom is 0.222 e. The molecule has 0 aliphatic carbocycles.